The number of unbranched alkanes of at least 4 members (excludes halogenated alkanes) is 1. The number of aryl methyl sites for hydroxylation is 1. The zero-order valence-electron chi connectivity index (χ0n) is 15.3. The Hall–Kier alpha value is -2.73. The number of aromatic nitrogens is 1. The van der Waals surface area contributed by atoms with Crippen LogP contribution in [0.4, 0.5) is 5.69 Å². The molecule has 1 aromatic heterocycles. The van der Waals surface area contributed by atoms with Crippen molar-refractivity contribution in [3.63, 3.8) is 0 Å². The highest BCUT2D eigenvalue weighted by molar-refractivity contribution is 6.23. The quantitative estimate of drug-likeness (QED) is 0.520. The molecule has 0 radical (unpaired) electrons. The molecule has 3 N–H and O–H groups in total. The molecule has 0 saturated heterocycles. The van der Waals surface area contributed by atoms with Crippen LogP contribution in [0.1, 0.15) is 63.7 Å². The Labute approximate surface area is 158 Å². The largest absolute Gasteiger partial charge is 0.384 e. The molecule has 2 aliphatic rings. The predicted molar refractivity (Wildman–Crippen MR) is 104 cm³/mol. The zero-order chi connectivity index (χ0) is 18.6. The summed E-state index contributed by atoms with van der Waals surface area (Å²) in [6.45, 7) is 1.70. The minimum atomic E-state index is -0.316. The van der Waals surface area contributed by atoms with Gasteiger partial charge in [0.1, 0.15) is 0 Å². The van der Waals surface area contributed by atoms with Crippen molar-refractivity contribution in [3.05, 3.63) is 58.9 Å². The third kappa shape index (κ3) is 3.71. The summed E-state index contributed by atoms with van der Waals surface area (Å²) < 4.78 is 0. The van der Waals surface area contributed by atoms with Crippen molar-refractivity contribution in [1.29, 1.82) is 0 Å². The van der Waals surface area contributed by atoms with E-state index in [1.807, 2.05) is 18.3 Å². The molecular formula is C21H24N4O2. The molecule has 1 unspecified atom stereocenters. The molecule has 2 aromatic rings. The lowest BCUT2D eigenvalue weighted by Crippen LogP contribution is -2.27. The molecule has 0 bridgehead atoms. The molecule has 0 saturated carbocycles. The van der Waals surface area contributed by atoms with E-state index in [-0.39, 0.29) is 11.8 Å². The van der Waals surface area contributed by atoms with Crippen molar-refractivity contribution >= 4 is 17.5 Å². The second-order valence-electron chi connectivity index (χ2n) is 7.09. The highest BCUT2D eigenvalue weighted by Gasteiger charge is 2.29. The van der Waals surface area contributed by atoms with Gasteiger partial charge in [-0.2, -0.15) is 0 Å². The summed E-state index contributed by atoms with van der Waals surface area (Å²) in [5.74, 6) is -0.632. The monoisotopic (exact) mass is 364 g/mol. The molecule has 1 aliphatic carbocycles. The summed E-state index contributed by atoms with van der Waals surface area (Å²) >= 11 is 0. The van der Waals surface area contributed by atoms with E-state index in [9.17, 15) is 9.59 Å². The number of fused-ring (bicyclic) bond motifs is 2. The number of rotatable bonds is 7. The van der Waals surface area contributed by atoms with Gasteiger partial charge < -0.3 is 10.6 Å². The van der Waals surface area contributed by atoms with E-state index in [2.05, 4.69) is 27.0 Å². The Morgan fingerprint density at radius 2 is 1.96 bits per heavy atom. The maximum Gasteiger partial charge on any atom is 0.261 e. The van der Waals surface area contributed by atoms with Gasteiger partial charge in [-0.05, 0) is 62.4 Å². The molecule has 0 spiro atoms. The van der Waals surface area contributed by atoms with Crippen LogP contribution in [0, 0.1) is 0 Å². The van der Waals surface area contributed by atoms with Crippen LogP contribution in [0.3, 0.4) is 0 Å². The number of amides is 2. The number of nitrogens with one attached hydrogen (secondary N) is 3. The summed E-state index contributed by atoms with van der Waals surface area (Å²) in [5.41, 5.74) is 4.22. The highest BCUT2D eigenvalue weighted by Crippen LogP contribution is 2.27. The maximum atomic E-state index is 11.9. The van der Waals surface area contributed by atoms with Gasteiger partial charge >= 0.3 is 0 Å². The summed E-state index contributed by atoms with van der Waals surface area (Å²) in [4.78, 5) is 28.2. The first-order valence-corrected chi connectivity index (χ1v) is 9.64. The van der Waals surface area contributed by atoms with Gasteiger partial charge in [-0.3, -0.25) is 19.9 Å². The first-order chi connectivity index (χ1) is 13.2. The van der Waals surface area contributed by atoms with Crippen LogP contribution < -0.4 is 16.0 Å². The molecule has 2 amide bonds. The van der Waals surface area contributed by atoms with Crippen molar-refractivity contribution in [2.45, 2.75) is 38.1 Å². The van der Waals surface area contributed by atoms with E-state index < -0.39 is 0 Å². The topological polar surface area (TPSA) is 83.1 Å². The van der Waals surface area contributed by atoms with Crippen molar-refractivity contribution in [2.75, 3.05) is 18.4 Å². The van der Waals surface area contributed by atoms with E-state index in [0.29, 0.717) is 17.2 Å². The fourth-order valence-corrected chi connectivity index (χ4v) is 3.92. The Morgan fingerprint density at radius 3 is 2.89 bits per heavy atom. The number of imide groups is 1. The lowest BCUT2D eigenvalue weighted by atomic mass is 9.92. The smallest absolute Gasteiger partial charge is 0.261 e. The van der Waals surface area contributed by atoms with Crippen LogP contribution in [-0.2, 0) is 6.42 Å². The fourth-order valence-electron chi connectivity index (χ4n) is 3.92. The van der Waals surface area contributed by atoms with Gasteiger partial charge in [0, 0.05) is 24.5 Å². The van der Waals surface area contributed by atoms with Crippen LogP contribution in [0.5, 0.6) is 0 Å². The van der Waals surface area contributed by atoms with E-state index in [4.69, 9.17) is 0 Å². The minimum absolute atomic E-state index is 0.316. The SMILES string of the molecule is O=C1NC(=O)c2c(NCCCCNC3CCCc4cccnc43)cccc21. The van der Waals surface area contributed by atoms with Crippen molar-refractivity contribution < 1.29 is 9.59 Å². The second-order valence-corrected chi connectivity index (χ2v) is 7.09. The number of carbonyl (C=O) groups is 2. The van der Waals surface area contributed by atoms with Gasteiger partial charge in [-0.15, -0.1) is 0 Å². The summed E-state index contributed by atoms with van der Waals surface area (Å²) in [6.07, 6.45) is 7.37. The number of benzene rings is 1. The Balaban J connectivity index is 1.24. The molecule has 6 nitrogen and oxygen atoms in total. The van der Waals surface area contributed by atoms with E-state index in [0.717, 1.165) is 44.5 Å². The molecule has 140 valence electrons. The Bertz CT molecular complexity index is 865. The van der Waals surface area contributed by atoms with Crippen LogP contribution in [-0.4, -0.2) is 29.9 Å². The van der Waals surface area contributed by atoms with Crippen molar-refractivity contribution in [2.24, 2.45) is 0 Å². The third-order valence-corrected chi connectivity index (χ3v) is 5.27. The lowest BCUT2D eigenvalue weighted by Gasteiger charge is -2.25. The van der Waals surface area contributed by atoms with Crippen LogP contribution in [0.25, 0.3) is 0 Å². The average molecular weight is 364 g/mol. The molecule has 1 atom stereocenters. The Kier molecular flexibility index (Phi) is 5.16. The number of nitrogens with zero attached hydrogens (tertiary/aromatic N) is 1. The van der Waals surface area contributed by atoms with E-state index in [1.165, 1.54) is 17.7 Å². The lowest BCUT2D eigenvalue weighted by molar-refractivity contribution is 0.0880. The van der Waals surface area contributed by atoms with Gasteiger partial charge in [0.2, 0.25) is 0 Å². The number of anilines is 1. The minimum Gasteiger partial charge on any atom is -0.384 e. The standard InChI is InChI=1S/C21H24N4O2/c26-20-15-8-4-9-16(18(15)21(27)25-20)22-11-1-2-12-23-17-10-3-6-14-7-5-13-24-19(14)17/h4-5,7-9,13,17,22-23H,1-3,6,10-12H2,(H,25,26,27). The first kappa shape index (κ1) is 17.7. The van der Waals surface area contributed by atoms with Gasteiger partial charge in [0.25, 0.3) is 11.8 Å². The van der Waals surface area contributed by atoms with E-state index >= 15 is 0 Å². The number of carbonyl (C=O) groups excluding carboxylic acids is 2. The molecule has 2 heterocycles. The van der Waals surface area contributed by atoms with Crippen LogP contribution in [0.2, 0.25) is 0 Å². The average Bonchev–Trinajstić information content (AvgIpc) is 2.99. The molecule has 4 rings (SSSR count). The summed E-state index contributed by atoms with van der Waals surface area (Å²) in [5, 5.41) is 9.27. The predicted octanol–water partition coefficient (Wildman–Crippen LogP) is 2.82. The van der Waals surface area contributed by atoms with Crippen molar-refractivity contribution in [3.8, 4) is 0 Å². The maximum absolute atomic E-state index is 11.9. The highest BCUT2D eigenvalue weighted by atomic mass is 16.2. The number of hydrogen-bond acceptors (Lipinski definition) is 5. The molecular weight excluding hydrogens is 340 g/mol. The zero-order valence-corrected chi connectivity index (χ0v) is 15.3. The molecule has 1 aliphatic heterocycles. The van der Waals surface area contributed by atoms with E-state index in [1.54, 1.807) is 12.1 Å². The molecule has 27 heavy (non-hydrogen) atoms. The molecule has 1 aromatic carbocycles. The van der Waals surface area contributed by atoms with Gasteiger partial charge in [-0.25, -0.2) is 0 Å². The molecule has 6 heteroatoms. The normalized spacial score (nSPS) is 18.0. The summed E-state index contributed by atoms with van der Waals surface area (Å²) in [7, 11) is 0. The van der Waals surface area contributed by atoms with Gasteiger partial charge in [0.05, 0.1) is 16.8 Å². The van der Waals surface area contributed by atoms with Crippen LogP contribution in [0.15, 0.2) is 36.5 Å². The fraction of sp³-hybridized carbons (Fsp3) is 0.381. The Morgan fingerprint density at radius 1 is 1.07 bits per heavy atom. The third-order valence-electron chi connectivity index (χ3n) is 5.27. The molecule has 0 fully saturated rings. The van der Waals surface area contributed by atoms with Crippen molar-refractivity contribution in [1.82, 2.24) is 15.6 Å². The number of pyridine rings is 1. The van der Waals surface area contributed by atoms with Gasteiger partial charge in [-0.1, -0.05) is 12.1 Å². The first-order valence-electron chi connectivity index (χ1n) is 9.64. The van der Waals surface area contributed by atoms with Crippen LogP contribution >= 0.6 is 0 Å². The number of hydrogen-bond donors (Lipinski definition) is 3. The summed E-state index contributed by atoms with van der Waals surface area (Å²) in [6, 6.07) is 9.88. The second kappa shape index (κ2) is 7.88. The van der Waals surface area contributed by atoms with Gasteiger partial charge in [0.15, 0.2) is 0 Å².